The maximum atomic E-state index is 11.8. The van der Waals surface area contributed by atoms with Gasteiger partial charge in [-0.25, -0.2) is 0 Å². The molecule has 0 radical (unpaired) electrons. The van der Waals surface area contributed by atoms with Crippen LogP contribution in [-0.4, -0.2) is 54.0 Å². The molecule has 36 heavy (non-hydrogen) atoms. The number of carboxylic acids is 1. The molecular formula is C30H33NO5. The van der Waals surface area contributed by atoms with Gasteiger partial charge in [0, 0.05) is 6.54 Å². The van der Waals surface area contributed by atoms with Crippen LogP contribution in [0, 0.1) is 6.92 Å². The van der Waals surface area contributed by atoms with Crippen LogP contribution in [0.1, 0.15) is 35.1 Å². The minimum absolute atomic E-state index is 0.308. The molecule has 0 saturated carbocycles. The molecule has 3 aromatic carbocycles. The van der Waals surface area contributed by atoms with E-state index in [9.17, 15) is 15.0 Å². The van der Waals surface area contributed by atoms with Gasteiger partial charge in [0.1, 0.15) is 17.5 Å². The molecule has 1 aliphatic heterocycles. The second-order valence-corrected chi connectivity index (χ2v) is 9.09. The zero-order valence-corrected chi connectivity index (χ0v) is 21.0. The summed E-state index contributed by atoms with van der Waals surface area (Å²) in [4.78, 5) is 13.6. The Balaban J connectivity index is 1.64. The molecule has 1 aliphatic rings. The highest BCUT2D eigenvalue weighted by atomic mass is 16.5. The summed E-state index contributed by atoms with van der Waals surface area (Å²) in [5.41, 5.74) is 6.36. The average Bonchev–Trinajstić information content (AvgIpc) is 2.88. The van der Waals surface area contributed by atoms with E-state index in [4.69, 9.17) is 9.47 Å². The van der Waals surface area contributed by atoms with E-state index in [0.717, 1.165) is 23.1 Å². The SMILES string of the molecule is COc1cc(C=Cc2cccc(-c3ccccc3)c2C)cc(OC)c1CN1CCCC(O)C1C(=O)O. The maximum Gasteiger partial charge on any atom is 0.323 e. The highest BCUT2D eigenvalue weighted by Crippen LogP contribution is 2.35. The molecule has 6 heteroatoms. The number of piperidine rings is 1. The zero-order valence-electron chi connectivity index (χ0n) is 21.0. The van der Waals surface area contributed by atoms with E-state index in [-0.39, 0.29) is 0 Å². The lowest BCUT2D eigenvalue weighted by Gasteiger charge is -2.36. The molecule has 4 rings (SSSR count). The van der Waals surface area contributed by atoms with Crippen molar-refractivity contribution in [2.24, 2.45) is 0 Å². The number of nitrogens with zero attached hydrogens (tertiary/aromatic N) is 1. The van der Waals surface area contributed by atoms with Crippen molar-refractivity contribution in [2.45, 2.75) is 38.5 Å². The molecule has 6 nitrogen and oxygen atoms in total. The van der Waals surface area contributed by atoms with E-state index in [1.165, 1.54) is 16.7 Å². The summed E-state index contributed by atoms with van der Waals surface area (Å²) >= 11 is 0. The van der Waals surface area contributed by atoms with Crippen molar-refractivity contribution in [3.8, 4) is 22.6 Å². The van der Waals surface area contributed by atoms with E-state index >= 15 is 0 Å². The third kappa shape index (κ3) is 5.45. The predicted octanol–water partition coefficient (Wildman–Crippen LogP) is 5.26. The van der Waals surface area contributed by atoms with Crippen LogP contribution in [0.2, 0.25) is 0 Å². The summed E-state index contributed by atoms with van der Waals surface area (Å²) in [7, 11) is 3.19. The van der Waals surface area contributed by atoms with Crippen molar-refractivity contribution in [1.82, 2.24) is 4.90 Å². The van der Waals surface area contributed by atoms with E-state index < -0.39 is 18.1 Å². The number of aliphatic carboxylic acids is 1. The van der Waals surface area contributed by atoms with Gasteiger partial charge < -0.3 is 19.7 Å². The molecule has 1 saturated heterocycles. The molecule has 0 amide bonds. The average molecular weight is 488 g/mol. The predicted molar refractivity (Wildman–Crippen MR) is 142 cm³/mol. The van der Waals surface area contributed by atoms with Crippen LogP contribution in [0.4, 0.5) is 0 Å². The topological polar surface area (TPSA) is 79.2 Å². The summed E-state index contributed by atoms with van der Waals surface area (Å²) in [5.74, 6) is 0.216. The molecule has 1 heterocycles. The molecule has 0 aliphatic carbocycles. The van der Waals surface area contributed by atoms with Gasteiger partial charge in [0.25, 0.3) is 0 Å². The monoisotopic (exact) mass is 487 g/mol. The van der Waals surface area contributed by atoms with Crippen molar-refractivity contribution in [2.75, 3.05) is 20.8 Å². The normalized spacial score (nSPS) is 18.3. The first kappa shape index (κ1) is 25.5. The summed E-state index contributed by atoms with van der Waals surface area (Å²) in [5, 5.41) is 20.0. The van der Waals surface area contributed by atoms with E-state index in [1.54, 1.807) is 19.1 Å². The summed E-state index contributed by atoms with van der Waals surface area (Å²) in [6, 6.07) is 19.5. The van der Waals surface area contributed by atoms with Crippen LogP contribution in [0.5, 0.6) is 11.5 Å². The number of rotatable bonds is 8. The molecule has 0 bridgehead atoms. The molecule has 0 aromatic heterocycles. The van der Waals surface area contributed by atoms with Crippen molar-refractivity contribution >= 4 is 18.1 Å². The number of methoxy groups -OCH3 is 2. The van der Waals surface area contributed by atoms with Gasteiger partial charge >= 0.3 is 5.97 Å². The molecular weight excluding hydrogens is 454 g/mol. The Kier molecular flexibility index (Phi) is 8.08. The number of benzene rings is 3. The third-order valence-corrected chi connectivity index (χ3v) is 6.86. The fourth-order valence-electron chi connectivity index (χ4n) is 4.95. The summed E-state index contributed by atoms with van der Waals surface area (Å²) in [6.07, 6.45) is 4.42. The van der Waals surface area contributed by atoms with Crippen molar-refractivity contribution in [3.05, 3.63) is 82.9 Å². The van der Waals surface area contributed by atoms with Crippen LogP contribution in [-0.2, 0) is 11.3 Å². The minimum atomic E-state index is -1.02. The van der Waals surface area contributed by atoms with Gasteiger partial charge in [0.2, 0.25) is 0 Å². The molecule has 2 N–H and O–H groups in total. The Labute approximate surface area is 212 Å². The first-order valence-corrected chi connectivity index (χ1v) is 12.2. The number of aliphatic hydroxyl groups excluding tert-OH is 1. The van der Waals surface area contributed by atoms with Crippen LogP contribution in [0.3, 0.4) is 0 Å². The van der Waals surface area contributed by atoms with Gasteiger partial charge in [-0.15, -0.1) is 0 Å². The van der Waals surface area contributed by atoms with Gasteiger partial charge in [0.05, 0.1) is 25.9 Å². The number of ether oxygens (including phenoxy) is 2. The van der Waals surface area contributed by atoms with Gasteiger partial charge in [0.15, 0.2) is 0 Å². The Morgan fingerprint density at radius 2 is 1.72 bits per heavy atom. The van der Waals surface area contributed by atoms with Gasteiger partial charge in [-0.1, -0.05) is 60.7 Å². The number of carboxylic acid groups (broad SMARTS) is 1. The van der Waals surface area contributed by atoms with Crippen molar-refractivity contribution < 1.29 is 24.5 Å². The second-order valence-electron chi connectivity index (χ2n) is 9.09. The number of carbonyl (C=O) groups is 1. The fourth-order valence-corrected chi connectivity index (χ4v) is 4.95. The quantitative estimate of drug-likeness (QED) is 0.422. The molecule has 1 fully saturated rings. The summed E-state index contributed by atoms with van der Waals surface area (Å²) < 4.78 is 11.4. The van der Waals surface area contributed by atoms with Crippen molar-refractivity contribution in [1.29, 1.82) is 0 Å². The molecule has 188 valence electrons. The Bertz CT molecular complexity index is 1210. The minimum Gasteiger partial charge on any atom is -0.496 e. The summed E-state index contributed by atoms with van der Waals surface area (Å²) in [6.45, 7) is 3.01. The van der Waals surface area contributed by atoms with Gasteiger partial charge in [-0.3, -0.25) is 9.69 Å². The van der Waals surface area contributed by atoms with Gasteiger partial charge in [-0.05, 0) is 66.3 Å². The zero-order chi connectivity index (χ0) is 25.7. The fraction of sp³-hybridized carbons (Fsp3) is 0.300. The second kappa shape index (κ2) is 11.4. The number of hydrogen-bond acceptors (Lipinski definition) is 5. The van der Waals surface area contributed by atoms with E-state index in [0.29, 0.717) is 31.0 Å². The smallest absolute Gasteiger partial charge is 0.323 e. The third-order valence-electron chi connectivity index (χ3n) is 6.86. The molecule has 0 spiro atoms. The van der Waals surface area contributed by atoms with Gasteiger partial charge in [-0.2, -0.15) is 0 Å². The largest absolute Gasteiger partial charge is 0.496 e. The Morgan fingerprint density at radius 3 is 2.36 bits per heavy atom. The molecule has 2 atom stereocenters. The van der Waals surface area contributed by atoms with E-state index in [1.807, 2.05) is 36.4 Å². The maximum absolute atomic E-state index is 11.8. The van der Waals surface area contributed by atoms with Crippen LogP contribution >= 0.6 is 0 Å². The lowest BCUT2D eigenvalue weighted by molar-refractivity contribution is -0.150. The molecule has 2 unspecified atom stereocenters. The first-order valence-electron chi connectivity index (χ1n) is 12.2. The lowest BCUT2D eigenvalue weighted by atomic mass is 9.95. The first-order chi connectivity index (χ1) is 17.4. The van der Waals surface area contributed by atoms with Crippen LogP contribution in [0.25, 0.3) is 23.3 Å². The lowest BCUT2D eigenvalue weighted by Crippen LogP contribution is -2.52. The highest BCUT2D eigenvalue weighted by molar-refractivity contribution is 5.78. The standard InChI is InChI=1S/C30H33NO5/c1-20-22(11-7-12-24(20)23-9-5-4-6-10-23)15-14-21-17-27(35-2)25(28(18-21)36-3)19-31-16-8-13-26(32)29(31)30(33)34/h4-7,9-12,14-15,17-18,26,29,32H,8,13,16,19H2,1-3H3,(H,33,34). The molecule has 3 aromatic rings. The van der Waals surface area contributed by atoms with E-state index in [2.05, 4.69) is 43.3 Å². The Morgan fingerprint density at radius 1 is 1.03 bits per heavy atom. The number of likely N-dealkylation sites (tertiary alicyclic amines) is 1. The van der Waals surface area contributed by atoms with Crippen LogP contribution < -0.4 is 9.47 Å². The van der Waals surface area contributed by atoms with Crippen molar-refractivity contribution in [3.63, 3.8) is 0 Å². The number of hydrogen-bond donors (Lipinski definition) is 2. The van der Waals surface area contributed by atoms with Crippen LogP contribution in [0.15, 0.2) is 60.7 Å². The highest BCUT2D eigenvalue weighted by Gasteiger charge is 2.36. The number of aliphatic hydroxyl groups is 1. The Hall–Kier alpha value is -3.61.